The van der Waals surface area contributed by atoms with Crippen LogP contribution in [0.15, 0.2) is 0 Å². The van der Waals surface area contributed by atoms with Gasteiger partial charge in [0.05, 0.1) is 0 Å². The van der Waals surface area contributed by atoms with E-state index in [0.717, 1.165) is 0 Å². The van der Waals surface area contributed by atoms with E-state index in [4.69, 9.17) is 0 Å². The number of nitrogens with zero attached hydrogens (tertiary/aromatic N) is 1. The third-order valence-electron chi connectivity index (χ3n) is 2.28. The van der Waals surface area contributed by atoms with Crippen LogP contribution in [0.1, 0.15) is 0 Å². The lowest BCUT2D eigenvalue weighted by molar-refractivity contribution is -0.280. The summed E-state index contributed by atoms with van der Waals surface area (Å²) >= 11 is 0. The standard InChI is InChI=1S/C9H3F10N/c1-20(9(18,19)8(15,16)17)7-5(13)3(11)2(10)4(12)6(7)14/h1H3. The van der Waals surface area contributed by atoms with Crippen LogP contribution >= 0.6 is 0 Å². The highest BCUT2D eigenvalue weighted by Gasteiger charge is 2.62. The van der Waals surface area contributed by atoms with Crippen molar-refractivity contribution in [2.45, 2.75) is 12.2 Å². The Balaban J connectivity index is 3.57. The van der Waals surface area contributed by atoms with Crippen LogP contribution in [0.25, 0.3) is 0 Å². The molecule has 0 aliphatic carbocycles. The molecular weight excluding hydrogens is 312 g/mol. The van der Waals surface area contributed by atoms with Gasteiger partial charge in [0.15, 0.2) is 23.3 Å². The average molecular weight is 315 g/mol. The van der Waals surface area contributed by atoms with E-state index in [1.54, 1.807) is 0 Å². The summed E-state index contributed by atoms with van der Waals surface area (Å²) in [5.74, 6) is -13.5. The van der Waals surface area contributed by atoms with E-state index in [2.05, 4.69) is 0 Å². The normalized spacial score (nSPS) is 12.8. The fourth-order valence-corrected chi connectivity index (χ4v) is 1.22. The van der Waals surface area contributed by atoms with E-state index in [0.29, 0.717) is 0 Å². The van der Waals surface area contributed by atoms with E-state index >= 15 is 0 Å². The molecule has 1 rings (SSSR count). The molecule has 0 spiro atoms. The number of halogens is 10. The molecule has 0 saturated carbocycles. The molecule has 11 heteroatoms. The van der Waals surface area contributed by atoms with Crippen molar-refractivity contribution in [1.82, 2.24) is 0 Å². The Kier molecular flexibility index (Phi) is 3.85. The minimum atomic E-state index is -6.29. The quantitative estimate of drug-likeness (QED) is 0.345. The maximum atomic E-state index is 13.1. The molecule has 0 fully saturated rings. The van der Waals surface area contributed by atoms with E-state index in [9.17, 15) is 43.9 Å². The lowest BCUT2D eigenvalue weighted by Crippen LogP contribution is -2.51. The molecule has 0 aromatic heterocycles. The van der Waals surface area contributed by atoms with Crippen molar-refractivity contribution in [2.75, 3.05) is 11.9 Å². The SMILES string of the molecule is CN(c1c(F)c(F)c(F)c(F)c1F)C(F)(F)C(F)(F)F. The van der Waals surface area contributed by atoms with E-state index in [1.165, 1.54) is 0 Å². The van der Waals surface area contributed by atoms with Crippen LogP contribution in [-0.2, 0) is 0 Å². The highest BCUT2D eigenvalue weighted by molar-refractivity contribution is 5.51. The number of rotatable bonds is 2. The Morgan fingerprint density at radius 2 is 0.950 bits per heavy atom. The summed E-state index contributed by atoms with van der Waals surface area (Å²) in [6.07, 6.45) is -6.29. The summed E-state index contributed by atoms with van der Waals surface area (Å²) < 4.78 is 126. The fourth-order valence-electron chi connectivity index (χ4n) is 1.22. The van der Waals surface area contributed by atoms with E-state index in [1.807, 2.05) is 0 Å². The molecule has 0 aliphatic rings. The van der Waals surface area contributed by atoms with Gasteiger partial charge in [-0.1, -0.05) is 0 Å². The Bertz CT molecular complexity index is 506. The van der Waals surface area contributed by atoms with Crippen LogP contribution in [0.3, 0.4) is 0 Å². The summed E-state index contributed by atoms with van der Waals surface area (Å²) in [6, 6.07) is -5.84. The molecular formula is C9H3F10N. The van der Waals surface area contributed by atoms with Gasteiger partial charge in [-0.05, 0) is 0 Å². The van der Waals surface area contributed by atoms with Gasteiger partial charge in [0.25, 0.3) is 0 Å². The molecule has 0 N–H and O–H groups in total. The Morgan fingerprint density at radius 1 is 0.650 bits per heavy atom. The number of hydrogen-bond donors (Lipinski definition) is 0. The Morgan fingerprint density at radius 3 is 1.25 bits per heavy atom. The molecule has 0 heterocycles. The maximum Gasteiger partial charge on any atom is 0.475 e. The van der Waals surface area contributed by atoms with Crippen LogP contribution < -0.4 is 4.90 Å². The molecule has 0 amide bonds. The molecule has 1 aromatic carbocycles. The molecule has 1 nitrogen and oxygen atoms in total. The Labute approximate surface area is 104 Å². The van der Waals surface area contributed by atoms with Gasteiger partial charge >= 0.3 is 12.2 Å². The van der Waals surface area contributed by atoms with E-state index in [-0.39, 0.29) is 7.05 Å². The second-order valence-corrected chi connectivity index (χ2v) is 3.52. The highest BCUT2D eigenvalue weighted by Crippen LogP contribution is 2.42. The lowest BCUT2D eigenvalue weighted by atomic mass is 10.2. The summed E-state index contributed by atoms with van der Waals surface area (Å²) in [7, 11) is -0.161. The van der Waals surface area contributed by atoms with Crippen molar-refractivity contribution in [3.63, 3.8) is 0 Å². The van der Waals surface area contributed by atoms with Crippen LogP contribution in [0.5, 0.6) is 0 Å². The first kappa shape index (κ1) is 16.4. The predicted molar refractivity (Wildman–Crippen MR) is 45.6 cm³/mol. The van der Waals surface area contributed by atoms with Gasteiger partial charge in [-0.3, -0.25) is 0 Å². The zero-order valence-corrected chi connectivity index (χ0v) is 9.23. The van der Waals surface area contributed by atoms with Gasteiger partial charge in [0.2, 0.25) is 5.82 Å². The van der Waals surface area contributed by atoms with Crippen molar-refractivity contribution in [3.8, 4) is 0 Å². The zero-order chi connectivity index (χ0) is 16.0. The lowest BCUT2D eigenvalue weighted by Gasteiger charge is -2.31. The van der Waals surface area contributed by atoms with Gasteiger partial charge in [0, 0.05) is 7.05 Å². The summed E-state index contributed by atoms with van der Waals surface area (Å²) in [5.41, 5.74) is -2.39. The van der Waals surface area contributed by atoms with Crippen LogP contribution in [0, 0.1) is 29.1 Å². The largest absolute Gasteiger partial charge is 0.475 e. The molecule has 0 unspecified atom stereocenters. The van der Waals surface area contributed by atoms with Crippen molar-refractivity contribution in [1.29, 1.82) is 0 Å². The van der Waals surface area contributed by atoms with Crippen molar-refractivity contribution in [2.24, 2.45) is 0 Å². The van der Waals surface area contributed by atoms with Crippen molar-refractivity contribution in [3.05, 3.63) is 29.1 Å². The minimum absolute atomic E-state index is 0.161. The van der Waals surface area contributed by atoms with Crippen LogP contribution in [0.2, 0.25) is 0 Å². The van der Waals surface area contributed by atoms with Crippen LogP contribution in [-0.4, -0.2) is 19.3 Å². The predicted octanol–water partition coefficient (Wildman–Crippen LogP) is 3.97. The maximum absolute atomic E-state index is 13.1. The molecule has 114 valence electrons. The first-order valence-electron chi connectivity index (χ1n) is 4.53. The summed E-state index contributed by atoms with van der Waals surface area (Å²) in [6.45, 7) is 0. The molecule has 0 saturated heterocycles. The first-order chi connectivity index (χ1) is 8.84. The average Bonchev–Trinajstić information content (AvgIpc) is 2.32. The minimum Gasteiger partial charge on any atom is -0.303 e. The van der Waals surface area contributed by atoms with Crippen LogP contribution in [0.4, 0.5) is 49.6 Å². The smallest absolute Gasteiger partial charge is 0.303 e. The zero-order valence-electron chi connectivity index (χ0n) is 9.23. The highest BCUT2D eigenvalue weighted by atomic mass is 19.4. The van der Waals surface area contributed by atoms with Crippen molar-refractivity contribution >= 4 is 5.69 Å². The number of benzene rings is 1. The molecule has 1 aromatic rings. The van der Waals surface area contributed by atoms with E-state index < -0.39 is 51.9 Å². The third-order valence-corrected chi connectivity index (χ3v) is 2.28. The monoisotopic (exact) mass is 315 g/mol. The van der Waals surface area contributed by atoms with Gasteiger partial charge < -0.3 is 4.90 Å². The molecule has 0 aliphatic heterocycles. The molecule has 20 heavy (non-hydrogen) atoms. The van der Waals surface area contributed by atoms with Crippen molar-refractivity contribution < 1.29 is 43.9 Å². The Hall–Kier alpha value is -1.68. The summed E-state index contributed by atoms with van der Waals surface area (Å²) in [4.78, 5) is -1.37. The van der Waals surface area contributed by atoms with Gasteiger partial charge in [0.1, 0.15) is 5.69 Å². The second-order valence-electron chi connectivity index (χ2n) is 3.52. The first-order valence-corrected chi connectivity index (χ1v) is 4.53. The van der Waals surface area contributed by atoms with Gasteiger partial charge in [-0.2, -0.15) is 22.0 Å². The number of alkyl halides is 5. The van der Waals surface area contributed by atoms with Gasteiger partial charge in [-0.15, -0.1) is 0 Å². The second kappa shape index (κ2) is 4.70. The molecule has 0 bridgehead atoms. The molecule has 0 radical (unpaired) electrons. The number of hydrogen-bond acceptors (Lipinski definition) is 1. The third kappa shape index (κ3) is 2.24. The van der Waals surface area contributed by atoms with Gasteiger partial charge in [-0.25, -0.2) is 22.0 Å². The topological polar surface area (TPSA) is 3.24 Å². The summed E-state index contributed by atoms with van der Waals surface area (Å²) in [5, 5.41) is 0. The fraction of sp³-hybridized carbons (Fsp3) is 0.333. The number of anilines is 1. The molecule has 0 atom stereocenters.